The molecule has 214 valence electrons. The summed E-state index contributed by atoms with van der Waals surface area (Å²) >= 11 is 12.5. The van der Waals surface area contributed by atoms with Gasteiger partial charge in [0.15, 0.2) is 8.32 Å². The lowest BCUT2D eigenvalue weighted by Gasteiger charge is -2.38. The number of carboxylic acid groups (broad SMARTS) is 1. The number of benzene rings is 1. The number of hydrogen-bond acceptors (Lipinski definition) is 5. The number of rotatable bonds is 9. The normalized spacial score (nSPS) is 21.4. The molecule has 11 heteroatoms. The van der Waals surface area contributed by atoms with Gasteiger partial charge in [0, 0.05) is 32.1 Å². The van der Waals surface area contributed by atoms with Gasteiger partial charge >= 0.3 is 6.09 Å². The first-order valence-corrected chi connectivity index (χ1v) is 17.1. The molecule has 0 unspecified atom stereocenters. The highest BCUT2D eigenvalue weighted by Gasteiger charge is 2.38. The lowest BCUT2D eigenvalue weighted by molar-refractivity contribution is -0.134. The number of ether oxygens (including phenoxy) is 1. The fourth-order valence-electron chi connectivity index (χ4n) is 4.74. The first-order chi connectivity index (χ1) is 17.8. The van der Waals surface area contributed by atoms with E-state index in [2.05, 4.69) is 38.8 Å². The van der Waals surface area contributed by atoms with E-state index in [4.69, 9.17) is 32.4 Å². The van der Waals surface area contributed by atoms with E-state index in [1.165, 1.54) is 4.90 Å². The van der Waals surface area contributed by atoms with Crippen LogP contribution in [0, 0.1) is 5.92 Å². The van der Waals surface area contributed by atoms with Gasteiger partial charge in [0.2, 0.25) is 5.91 Å². The van der Waals surface area contributed by atoms with Crippen molar-refractivity contribution in [3.05, 3.63) is 33.8 Å². The van der Waals surface area contributed by atoms with E-state index in [1.54, 1.807) is 12.1 Å². The lowest BCUT2D eigenvalue weighted by atomic mass is 9.94. The quantitative estimate of drug-likeness (QED) is 0.378. The van der Waals surface area contributed by atoms with Gasteiger partial charge in [0.1, 0.15) is 0 Å². The lowest BCUT2D eigenvalue weighted by Crippen LogP contribution is -2.48. The third-order valence-corrected chi connectivity index (χ3v) is 13.4. The second-order valence-electron chi connectivity index (χ2n) is 11.9. The molecule has 8 nitrogen and oxygen atoms in total. The molecular formula is C27H43Cl2N3O5Si. The molecule has 38 heavy (non-hydrogen) atoms. The summed E-state index contributed by atoms with van der Waals surface area (Å²) in [5.74, 6) is -0.258. The highest BCUT2D eigenvalue weighted by molar-refractivity contribution is 6.74. The van der Waals surface area contributed by atoms with Gasteiger partial charge in [0.05, 0.1) is 35.9 Å². The molecule has 1 aromatic carbocycles. The standard InChI is InChI=1S/C27H43Cl2N3O5Si/c1-27(2,3)38(4,5)37-15-13-31(24(33)19-30-10-6-7-11-30)17-21-18-32(26(34)35)12-14-36-25(21)20-8-9-22(28)23(29)16-20/h8-9,16,21,25H,6-7,10-15,17-19H2,1-5H3,(H,34,35)/t21-,25+/m1/s1. The van der Waals surface area contributed by atoms with Crippen LogP contribution in [0.1, 0.15) is 45.3 Å². The number of likely N-dealkylation sites (tertiary alicyclic amines) is 1. The number of carbonyl (C=O) groups is 2. The molecule has 0 aliphatic carbocycles. The molecule has 3 rings (SSSR count). The molecule has 2 saturated heterocycles. The Hall–Kier alpha value is -1.36. The molecule has 2 fully saturated rings. The zero-order chi connectivity index (χ0) is 28.1. The smallest absolute Gasteiger partial charge is 0.407 e. The van der Waals surface area contributed by atoms with Crippen molar-refractivity contribution < 1.29 is 23.9 Å². The summed E-state index contributed by atoms with van der Waals surface area (Å²) in [6, 6.07) is 5.36. The van der Waals surface area contributed by atoms with Crippen molar-refractivity contribution in [2.75, 3.05) is 59.0 Å². The molecular weight excluding hydrogens is 545 g/mol. The first-order valence-electron chi connectivity index (χ1n) is 13.5. The Morgan fingerprint density at radius 3 is 2.45 bits per heavy atom. The van der Waals surface area contributed by atoms with Crippen LogP contribution < -0.4 is 0 Å². The zero-order valence-corrected chi connectivity index (χ0v) is 25.9. The number of amides is 2. The van der Waals surface area contributed by atoms with E-state index in [1.807, 2.05) is 11.0 Å². The number of carbonyl (C=O) groups excluding carboxylic acids is 1. The van der Waals surface area contributed by atoms with Gasteiger partial charge in [-0.05, 0) is 61.8 Å². The minimum Gasteiger partial charge on any atom is -0.465 e. The van der Waals surface area contributed by atoms with Crippen molar-refractivity contribution in [1.29, 1.82) is 0 Å². The van der Waals surface area contributed by atoms with Crippen LogP contribution in [0.15, 0.2) is 18.2 Å². The van der Waals surface area contributed by atoms with Gasteiger partial charge in [-0.3, -0.25) is 9.69 Å². The highest BCUT2D eigenvalue weighted by Crippen LogP contribution is 2.37. The molecule has 0 radical (unpaired) electrons. The third-order valence-electron chi connectivity index (χ3n) is 8.08. The van der Waals surface area contributed by atoms with Crippen molar-refractivity contribution in [2.24, 2.45) is 5.92 Å². The fraction of sp³-hybridized carbons (Fsp3) is 0.704. The zero-order valence-electron chi connectivity index (χ0n) is 23.3. The maximum Gasteiger partial charge on any atom is 0.407 e. The largest absolute Gasteiger partial charge is 0.465 e. The number of halogens is 2. The number of hydrogen-bond donors (Lipinski definition) is 1. The van der Waals surface area contributed by atoms with Gasteiger partial charge in [-0.1, -0.05) is 50.0 Å². The van der Waals surface area contributed by atoms with E-state index in [-0.39, 0.29) is 36.6 Å². The van der Waals surface area contributed by atoms with Crippen molar-refractivity contribution in [3.63, 3.8) is 0 Å². The summed E-state index contributed by atoms with van der Waals surface area (Å²) in [6.07, 6.45) is 0.776. The first kappa shape index (κ1) is 31.2. The van der Waals surface area contributed by atoms with Crippen LogP contribution in [-0.2, 0) is 14.0 Å². The molecule has 0 spiro atoms. The molecule has 2 aliphatic heterocycles. The Bertz CT molecular complexity index is 969. The Kier molecular flexibility index (Phi) is 10.9. The van der Waals surface area contributed by atoms with Gasteiger partial charge in [-0.15, -0.1) is 0 Å². The molecule has 0 aromatic heterocycles. The summed E-state index contributed by atoms with van der Waals surface area (Å²) in [5.41, 5.74) is 0.820. The van der Waals surface area contributed by atoms with E-state index < -0.39 is 20.5 Å². The minimum atomic E-state index is -1.99. The highest BCUT2D eigenvalue weighted by atomic mass is 35.5. The van der Waals surface area contributed by atoms with Crippen LogP contribution in [0.25, 0.3) is 0 Å². The topological polar surface area (TPSA) is 82.5 Å². The Balaban J connectivity index is 1.85. The summed E-state index contributed by atoms with van der Waals surface area (Å²) < 4.78 is 12.6. The van der Waals surface area contributed by atoms with E-state index >= 15 is 0 Å². The van der Waals surface area contributed by atoms with Crippen LogP contribution in [-0.4, -0.2) is 99.2 Å². The van der Waals surface area contributed by atoms with Gasteiger partial charge in [0.25, 0.3) is 0 Å². The Morgan fingerprint density at radius 2 is 1.84 bits per heavy atom. The molecule has 1 aromatic rings. The molecule has 2 amide bonds. The van der Waals surface area contributed by atoms with Crippen molar-refractivity contribution in [1.82, 2.24) is 14.7 Å². The third kappa shape index (κ3) is 8.32. The SMILES string of the molecule is CC(C)(C)[Si](C)(C)OCCN(C[C@@H]1CN(C(=O)O)CCO[C@H]1c1ccc(Cl)c(Cl)c1)C(=O)CN1CCCC1. The maximum atomic E-state index is 13.6. The second-order valence-corrected chi connectivity index (χ2v) is 17.5. The summed E-state index contributed by atoms with van der Waals surface area (Å²) in [6.45, 7) is 15.2. The Morgan fingerprint density at radius 1 is 1.16 bits per heavy atom. The van der Waals surface area contributed by atoms with Crippen LogP contribution >= 0.6 is 23.2 Å². The van der Waals surface area contributed by atoms with Crippen molar-refractivity contribution in [3.8, 4) is 0 Å². The van der Waals surface area contributed by atoms with Crippen molar-refractivity contribution in [2.45, 2.75) is 57.8 Å². The maximum absolute atomic E-state index is 13.6. The minimum absolute atomic E-state index is 0.0322. The van der Waals surface area contributed by atoms with Crippen molar-refractivity contribution >= 4 is 43.5 Å². The van der Waals surface area contributed by atoms with Gasteiger partial charge in [-0.2, -0.15) is 0 Å². The summed E-state index contributed by atoms with van der Waals surface area (Å²) in [4.78, 5) is 31.0. The summed E-state index contributed by atoms with van der Waals surface area (Å²) in [5, 5.41) is 10.7. The van der Waals surface area contributed by atoms with Gasteiger partial charge in [-0.25, -0.2) is 4.79 Å². The Labute approximate surface area is 238 Å². The molecule has 1 N–H and O–H groups in total. The summed E-state index contributed by atoms with van der Waals surface area (Å²) in [7, 11) is -1.99. The average molecular weight is 589 g/mol. The van der Waals surface area contributed by atoms with E-state index in [9.17, 15) is 14.7 Å². The van der Waals surface area contributed by atoms with Crippen LogP contribution in [0.2, 0.25) is 28.2 Å². The molecule has 0 bridgehead atoms. The van der Waals surface area contributed by atoms with Crippen LogP contribution in [0.5, 0.6) is 0 Å². The van der Waals surface area contributed by atoms with E-state index in [0.29, 0.717) is 36.3 Å². The predicted octanol–water partition coefficient (Wildman–Crippen LogP) is 5.61. The second kappa shape index (κ2) is 13.3. The monoisotopic (exact) mass is 587 g/mol. The molecule has 0 saturated carbocycles. The molecule has 2 heterocycles. The van der Waals surface area contributed by atoms with Gasteiger partial charge < -0.3 is 24.1 Å². The molecule has 2 atom stereocenters. The van der Waals surface area contributed by atoms with Crippen LogP contribution in [0.4, 0.5) is 4.79 Å². The predicted molar refractivity (Wildman–Crippen MR) is 154 cm³/mol. The number of nitrogens with zero attached hydrogens (tertiary/aromatic N) is 3. The molecule has 2 aliphatic rings. The average Bonchev–Trinajstić information content (AvgIpc) is 3.24. The van der Waals surface area contributed by atoms with Crippen LogP contribution in [0.3, 0.4) is 0 Å². The fourth-order valence-corrected chi connectivity index (χ4v) is 6.08. The van der Waals surface area contributed by atoms with E-state index in [0.717, 1.165) is 31.5 Å².